The summed E-state index contributed by atoms with van der Waals surface area (Å²) in [7, 11) is 0. The van der Waals surface area contributed by atoms with Crippen LogP contribution in [0.2, 0.25) is 0 Å². The lowest BCUT2D eigenvalue weighted by Crippen LogP contribution is -2.30. The molecule has 0 radical (unpaired) electrons. The maximum absolute atomic E-state index is 13.3. The summed E-state index contributed by atoms with van der Waals surface area (Å²) >= 11 is 0. The van der Waals surface area contributed by atoms with Gasteiger partial charge in [0.15, 0.2) is 0 Å². The van der Waals surface area contributed by atoms with Crippen LogP contribution in [0.4, 0.5) is 4.39 Å². The van der Waals surface area contributed by atoms with Crippen LogP contribution in [-0.2, 0) is 0 Å². The lowest BCUT2D eigenvalue weighted by Gasteiger charge is -2.10. The van der Waals surface area contributed by atoms with Crippen LogP contribution in [-0.4, -0.2) is 24.2 Å². The highest BCUT2D eigenvalue weighted by Crippen LogP contribution is 2.09. The zero-order valence-corrected chi connectivity index (χ0v) is 9.46. The Kier molecular flexibility index (Phi) is 4.43. The Morgan fingerprint density at radius 1 is 1.56 bits per heavy atom. The van der Waals surface area contributed by atoms with Crippen LogP contribution in [0.3, 0.4) is 0 Å². The summed E-state index contributed by atoms with van der Waals surface area (Å²) in [6.45, 7) is 3.93. The minimum absolute atomic E-state index is 0.00339. The molecule has 1 atom stereocenters. The molecule has 1 aromatic carbocycles. The second-order valence-corrected chi connectivity index (χ2v) is 3.98. The highest BCUT2D eigenvalue weighted by atomic mass is 19.1. The number of halogens is 1. The van der Waals surface area contributed by atoms with Gasteiger partial charge in [-0.25, -0.2) is 4.39 Å². The van der Waals surface area contributed by atoms with Gasteiger partial charge in [-0.05, 0) is 25.0 Å². The van der Waals surface area contributed by atoms with Crippen molar-refractivity contribution < 1.29 is 14.3 Å². The van der Waals surface area contributed by atoms with Gasteiger partial charge >= 0.3 is 0 Å². The molecule has 0 spiro atoms. The number of aliphatic hydroxyl groups is 1. The van der Waals surface area contributed by atoms with Crippen LogP contribution in [0.25, 0.3) is 0 Å². The van der Waals surface area contributed by atoms with Crippen molar-refractivity contribution in [1.82, 2.24) is 5.32 Å². The predicted molar refractivity (Wildman–Crippen MR) is 59.7 cm³/mol. The van der Waals surface area contributed by atoms with Gasteiger partial charge < -0.3 is 10.4 Å². The van der Waals surface area contributed by atoms with E-state index in [1.807, 2.05) is 0 Å². The fourth-order valence-electron chi connectivity index (χ4n) is 1.24. The Balaban J connectivity index is 2.69. The smallest absolute Gasteiger partial charge is 0.254 e. The Morgan fingerprint density at radius 3 is 2.88 bits per heavy atom. The predicted octanol–water partition coefficient (Wildman–Crippen LogP) is 1.49. The minimum Gasteiger partial charge on any atom is -0.396 e. The van der Waals surface area contributed by atoms with Crippen molar-refractivity contribution in [2.45, 2.75) is 13.8 Å². The standard InChI is InChI=1S/C12H16FNO2/c1-8-3-4-11(13)10(5-8)12(16)14-6-9(2)7-15/h3-5,9,15H,6-7H2,1-2H3,(H,14,16). The molecule has 1 aromatic rings. The summed E-state index contributed by atoms with van der Waals surface area (Å²) < 4.78 is 13.3. The Bertz CT molecular complexity index is 379. The molecule has 0 aliphatic rings. The fraction of sp³-hybridized carbons (Fsp3) is 0.417. The highest BCUT2D eigenvalue weighted by molar-refractivity contribution is 5.94. The van der Waals surface area contributed by atoms with Gasteiger partial charge in [0.25, 0.3) is 5.91 Å². The molecule has 1 unspecified atom stereocenters. The number of aliphatic hydroxyl groups excluding tert-OH is 1. The molecular formula is C12H16FNO2. The molecule has 0 fully saturated rings. The first-order chi connectivity index (χ1) is 7.54. The van der Waals surface area contributed by atoms with Gasteiger partial charge in [0.1, 0.15) is 5.82 Å². The largest absolute Gasteiger partial charge is 0.396 e. The summed E-state index contributed by atoms with van der Waals surface area (Å²) in [6, 6.07) is 4.40. The Labute approximate surface area is 94.3 Å². The Morgan fingerprint density at radius 2 is 2.25 bits per heavy atom. The number of nitrogens with one attached hydrogen (secondary N) is 1. The quantitative estimate of drug-likeness (QED) is 0.815. The summed E-state index contributed by atoms with van der Waals surface area (Å²) in [5.74, 6) is -1.00. The number of rotatable bonds is 4. The molecule has 0 aliphatic heterocycles. The van der Waals surface area contributed by atoms with Crippen molar-refractivity contribution in [3.63, 3.8) is 0 Å². The maximum Gasteiger partial charge on any atom is 0.254 e. The van der Waals surface area contributed by atoms with Crippen molar-refractivity contribution >= 4 is 5.91 Å². The van der Waals surface area contributed by atoms with E-state index in [0.717, 1.165) is 5.56 Å². The molecule has 0 heterocycles. The first kappa shape index (κ1) is 12.6. The number of carbonyl (C=O) groups is 1. The molecule has 0 saturated carbocycles. The van der Waals surface area contributed by atoms with E-state index in [-0.39, 0.29) is 18.1 Å². The molecule has 0 aliphatic carbocycles. The van der Waals surface area contributed by atoms with E-state index in [1.165, 1.54) is 12.1 Å². The first-order valence-electron chi connectivity index (χ1n) is 5.19. The van der Waals surface area contributed by atoms with Crippen LogP contribution >= 0.6 is 0 Å². The fourth-order valence-corrected chi connectivity index (χ4v) is 1.24. The monoisotopic (exact) mass is 225 g/mol. The summed E-state index contributed by atoms with van der Waals surface area (Å²) in [6.07, 6.45) is 0. The van der Waals surface area contributed by atoms with Crippen molar-refractivity contribution in [3.8, 4) is 0 Å². The second kappa shape index (κ2) is 5.61. The van der Waals surface area contributed by atoms with Gasteiger partial charge in [-0.15, -0.1) is 0 Å². The van der Waals surface area contributed by atoms with E-state index in [9.17, 15) is 9.18 Å². The van der Waals surface area contributed by atoms with Crippen LogP contribution in [0, 0.1) is 18.7 Å². The molecule has 88 valence electrons. The van der Waals surface area contributed by atoms with Crippen LogP contribution in [0.15, 0.2) is 18.2 Å². The molecule has 3 nitrogen and oxygen atoms in total. The summed E-state index contributed by atoms with van der Waals surface area (Å²) in [5.41, 5.74) is 0.881. The van der Waals surface area contributed by atoms with Crippen molar-refractivity contribution in [3.05, 3.63) is 35.1 Å². The number of aryl methyl sites for hydroxylation is 1. The van der Waals surface area contributed by atoms with Gasteiger partial charge in [0, 0.05) is 13.2 Å². The third kappa shape index (κ3) is 3.31. The molecule has 0 bridgehead atoms. The van der Waals surface area contributed by atoms with E-state index in [2.05, 4.69) is 5.32 Å². The van der Waals surface area contributed by atoms with Gasteiger partial charge in [0.05, 0.1) is 5.56 Å². The van der Waals surface area contributed by atoms with Gasteiger partial charge in [-0.2, -0.15) is 0 Å². The van der Waals surface area contributed by atoms with Crippen molar-refractivity contribution in [1.29, 1.82) is 0 Å². The summed E-state index contributed by atoms with van der Waals surface area (Å²) in [4.78, 5) is 11.6. The zero-order valence-electron chi connectivity index (χ0n) is 9.46. The lowest BCUT2D eigenvalue weighted by molar-refractivity contribution is 0.0938. The number of benzene rings is 1. The maximum atomic E-state index is 13.3. The molecule has 16 heavy (non-hydrogen) atoms. The average Bonchev–Trinajstić information content (AvgIpc) is 2.28. The van der Waals surface area contributed by atoms with Crippen LogP contribution in [0.5, 0.6) is 0 Å². The topological polar surface area (TPSA) is 49.3 Å². The van der Waals surface area contributed by atoms with E-state index >= 15 is 0 Å². The number of amides is 1. The highest BCUT2D eigenvalue weighted by Gasteiger charge is 2.12. The molecule has 1 amide bonds. The molecule has 0 saturated heterocycles. The Hall–Kier alpha value is -1.42. The van der Waals surface area contributed by atoms with Crippen LogP contribution < -0.4 is 5.32 Å². The third-order valence-electron chi connectivity index (χ3n) is 2.29. The molecule has 0 aromatic heterocycles. The van der Waals surface area contributed by atoms with E-state index < -0.39 is 11.7 Å². The molecule has 2 N–H and O–H groups in total. The number of hydrogen-bond donors (Lipinski definition) is 2. The zero-order chi connectivity index (χ0) is 12.1. The molecular weight excluding hydrogens is 209 g/mol. The average molecular weight is 225 g/mol. The minimum atomic E-state index is -0.528. The number of hydrogen-bond acceptors (Lipinski definition) is 2. The second-order valence-electron chi connectivity index (χ2n) is 3.98. The normalized spacial score (nSPS) is 12.2. The van der Waals surface area contributed by atoms with E-state index in [1.54, 1.807) is 19.9 Å². The molecule has 4 heteroatoms. The van der Waals surface area contributed by atoms with Crippen LogP contribution in [0.1, 0.15) is 22.8 Å². The van der Waals surface area contributed by atoms with Gasteiger partial charge in [-0.3, -0.25) is 4.79 Å². The van der Waals surface area contributed by atoms with Crippen molar-refractivity contribution in [2.24, 2.45) is 5.92 Å². The molecule has 1 rings (SSSR count). The van der Waals surface area contributed by atoms with Crippen molar-refractivity contribution in [2.75, 3.05) is 13.2 Å². The van der Waals surface area contributed by atoms with E-state index in [4.69, 9.17) is 5.11 Å². The lowest BCUT2D eigenvalue weighted by atomic mass is 10.1. The SMILES string of the molecule is Cc1ccc(F)c(C(=O)NCC(C)CO)c1. The first-order valence-corrected chi connectivity index (χ1v) is 5.19. The van der Waals surface area contributed by atoms with E-state index in [0.29, 0.717) is 6.54 Å². The van der Waals surface area contributed by atoms with Gasteiger partial charge in [-0.1, -0.05) is 18.6 Å². The van der Waals surface area contributed by atoms with Gasteiger partial charge in [0.2, 0.25) is 0 Å². The third-order valence-corrected chi connectivity index (χ3v) is 2.29. The number of carbonyl (C=O) groups excluding carboxylic acids is 1. The summed E-state index contributed by atoms with van der Waals surface area (Å²) in [5, 5.41) is 11.4.